The molecule has 1 aliphatic rings. The van der Waals surface area contributed by atoms with Gasteiger partial charge in [-0.15, -0.1) is 0 Å². The van der Waals surface area contributed by atoms with Crippen LogP contribution in [0.2, 0.25) is 0 Å². The summed E-state index contributed by atoms with van der Waals surface area (Å²) in [6.45, 7) is 12.2. The van der Waals surface area contributed by atoms with Gasteiger partial charge in [0, 0.05) is 57.9 Å². The second kappa shape index (κ2) is 8.87. The van der Waals surface area contributed by atoms with Crippen molar-refractivity contribution in [3.8, 4) is 0 Å². The second-order valence-electron chi connectivity index (χ2n) is 6.15. The van der Waals surface area contributed by atoms with Crippen LogP contribution in [0.5, 0.6) is 0 Å². The highest BCUT2D eigenvalue weighted by Crippen LogP contribution is 2.03. The van der Waals surface area contributed by atoms with Crippen molar-refractivity contribution < 1.29 is 5.11 Å². The third-order valence-electron chi connectivity index (χ3n) is 3.60. The number of rotatable bonds is 8. The van der Waals surface area contributed by atoms with Crippen LogP contribution in [0.3, 0.4) is 0 Å². The van der Waals surface area contributed by atoms with E-state index in [1.165, 1.54) is 0 Å². The third-order valence-corrected chi connectivity index (χ3v) is 3.60. The van der Waals surface area contributed by atoms with Crippen LogP contribution in [0.25, 0.3) is 0 Å². The number of aliphatic hydroxyl groups excluding tert-OH is 1. The molecule has 5 nitrogen and oxygen atoms in total. The van der Waals surface area contributed by atoms with E-state index >= 15 is 0 Å². The fourth-order valence-electron chi connectivity index (χ4n) is 2.48. The van der Waals surface area contributed by atoms with Crippen LogP contribution in [0.4, 0.5) is 0 Å². The van der Waals surface area contributed by atoms with Crippen LogP contribution >= 0.6 is 0 Å². The summed E-state index contributed by atoms with van der Waals surface area (Å²) >= 11 is 0. The molecule has 1 fully saturated rings. The van der Waals surface area contributed by atoms with Crippen molar-refractivity contribution in [2.75, 3.05) is 66.5 Å². The van der Waals surface area contributed by atoms with Gasteiger partial charge in [-0.05, 0) is 14.1 Å². The molecule has 0 aliphatic carbocycles. The first-order chi connectivity index (χ1) is 9.01. The van der Waals surface area contributed by atoms with E-state index in [4.69, 9.17) is 0 Å². The molecule has 0 saturated carbocycles. The predicted molar refractivity (Wildman–Crippen MR) is 80.6 cm³/mol. The lowest BCUT2D eigenvalue weighted by atomic mass is 10.2. The largest absolute Gasteiger partial charge is 0.395 e. The van der Waals surface area contributed by atoms with Crippen LogP contribution in [0.15, 0.2) is 0 Å². The quantitative estimate of drug-likeness (QED) is 0.625. The van der Waals surface area contributed by atoms with E-state index in [1.807, 2.05) is 0 Å². The van der Waals surface area contributed by atoms with Gasteiger partial charge in [-0.1, -0.05) is 13.8 Å². The Hall–Kier alpha value is -0.200. The third kappa shape index (κ3) is 7.22. The Labute approximate surface area is 118 Å². The van der Waals surface area contributed by atoms with Gasteiger partial charge >= 0.3 is 0 Å². The average molecular weight is 272 g/mol. The standard InChI is InChI=1S/C14H32N4O/c1-13(2)15-14(12-19)11-18-9-7-17(8-10-18)6-5-16(3)4/h13-15,19H,5-12H2,1-4H3. The Morgan fingerprint density at radius 1 is 1.11 bits per heavy atom. The number of piperazine rings is 1. The van der Waals surface area contributed by atoms with Crippen molar-refractivity contribution in [3.05, 3.63) is 0 Å². The molecule has 1 heterocycles. The van der Waals surface area contributed by atoms with Crippen molar-refractivity contribution in [3.63, 3.8) is 0 Å². The van der Waals surface area contributed by atoms with Gasteiger partial charge < -0.3 is 15.3 Å². The van der Waals surface area contributed by atoms with E-state index in [-0.39, 0.29) is 12.6 Å². The second-order valence-corrected chi connectivity index (χ2v) is 6.15. The topological polar surface area (TPSA) is 42.0 Å². The smallest absolute Gasteiger partial charge is 0.0597 e. The highest BCUT2D eigenvalue weighted by Gasteiger charge is 2.19. The predicted octanol–water partition coefficient (Wildman–Crippen LogP) is -0.475. The molecule has 2 N–H and O–H groups in total. The number of aliphatic hydroxyl groups is 1. The number of likely N-dealkylation sites (N-methyl/N-ethyl adjacent to an activating group) is 1. The molecule has 0 aromatic rings. The minimum absolute atomic E-state index is 0.202. The Balaban J connectivity index is 2.21. The lowest BCUT2D eigenvalue weighted by Gasteiger charge is -2.37. The summed E-state index contributed by atoms with van der Waals surface area (Å²) in [4.78, 5) is 7.23. The summed E-state index contributed by atoms with van der Waals surface area (Å²) in [7, 11) is 4.25. The summed E-state index contributed by atoms with van der Waals surface area (Å²) in [5.41, 5.74) is 0. The SMILES string of the molecule is CC(C)NC(CO)CN1CCN(CCN(C)C)CC1. The number of hydrogen-bond donors (Lipinski definition) is 2. The average Bonchev–Trinajstić information content (AvgIpc) is 2.36. The molecule has 1 rings (SSSR count). The zero-order valence-corrected chi connectivity index (χ0v) is 13.1. The summed E-state index contributed by atoms with van der Waals surface area (Å²) in [6.07, 6.45) is 0. The van der Waals surface area contributed by atoms with Crippen LogP contribution in [0, 0.1) is 0 Å². The Morgan fingerprint density at radius 2 is 1.68 bits per heavy atom. The minimum Gasteiger partial charge on any atom is -0.395 e. The molecule has 1 atom stereocenters. The van der Waals surface area contributed by atoms with Gasteiger partial charge in [-0.25, -0.2) is 0 Å². The molecule has 1 aliphatic heterocycles. The lowest BCUT2D eigenvalue weighted by molar-refractivity contribution is 0.104. The fraction of sp³-hybridized carbons (Fsp3) is 1.00. The van der Waals surface area contributed by atoms with E-state index in [2.05, 4.69) is 48.0 Å². The molecule has 0 bridgehead atoms. The zero-order chi connectivity index (χ0) is 14.3. The first kappa shape index (κ1) is 16.9. The Bertz CT molecular complexity index is 227. The summed E-state index contributed by atoms with van der Waals surface area (Å²) < 4.78 is 0. The van der Waals surface area contributed by atoms with Crippen molar-refractivity contribution >= 4 is 0 Å². The van der Waals surface area contributed by atoms with Gasteiger partial charge in [0.1, 0.15) is 0 Å². The Morgan fingerprint density at radius 3 is 2.16 bits per heavy atom. The molecule has 0 amide bonds. The monoisotopic (exact) mass is 272 g/mol. The van der Waals surface area contributed by atoms with E-state index < -0.39 is 0 Å². The molecule has 0 aromatic carbocycles. The van der Waals surface area contributed by atoms with Crippen molar-refractivity contribution in [2.45, 2.75) is 25.9 Å². The Kier molecular flexibility index (Phi) is 7.87. The van der Waals surface area contributed by atoms with Gasteiger partial charge in [0.25, 0.3) is 0 Å². The molecule has 0 spiro atoms. The van der Waals surface area contributed by atoms with Crippen LogP contribution in [-0.4, -0.2) is 98.4 Å². The fourth-order valence-corrected chi connectivity index (χ4v) is 2.48. The number of nitrogens with one attached hydrogen (secondary N) is 1. The molecule has 5 heteroatoms. The van der Waals surface area contributed by atoms with E-state index in [9.17, 15) is 5.11 Å². The number of nitrogens with zero attached hydrogens (tertiary/aromatic N) is 3. The van der Waals surface area contributed by atoms with Crippen molar-refractivity contribution in [1.82, 2.24) is 20.0 Å². The normalized spacial score (nSPS) is 20.4. The van der Waals surface area contributed by atoms with Crippen molar-refractivity contribution in [1.29, 1.82) is 0 Å². The maximum atomic E-state index is 9.40. The number of hydrogen-bond acceptors (Lipinski definition) is 5. The molecular formula is C14H32N4O. The van der Waals surface area contributed by atoms with Gasteiger partial charge in [0.2, 0.25) is 0 Å². The highest BCUT2D eigenvalue weighted by molar-refractivity contribution is 4.78. The first-order valence-electron chi connectivity index (χ1n) is 7.47. The van der Waals surface area contributed by atoms with Crippen LogP contribution in [0.1, 0.15) is 13.8 Å². The molecule has 114 valence electrons. The van der Waals surface area contributed by atoms with Gasteiger partial charge in [0.15, 0.2) is 0 Å². The maximum absolute atomic E-state index is 9.40. The molecule has 1 saturated heterocycles. The highest BCUT2D eigenvalue weighted by atomic mass is 16.3. The summed E-state index contributed by atoms with van der Waals surface area (Å²) in [6, 6.07) is 0.631. The van der Waals surface area contributed by atoms with E-state index in [0.29, 0.717) is 6.04 Å². The molecule has 0 aromatic heterocycles. The summed E-state index contributed by atoms with van der Waals surface area (Å²) in [5.74, 6) is 0. The molecule has 19 heavy (non-hydrogen) atoms. The lowest BCUT2D eigenvalue weighted by Crippen LogP contribution is -2.53. The van der Waals surface area contributed by atoms with Gasteiger partial charge in [-0.3, -0.25) is 9.80 Å². The molecule has 0 radical (unpaired) electrons. The summed E-state index contributed by atoms with van der Waals surface area (Å²) in [5, 5.41) is 12.8. The van der Waals surface area contributed by atoms with Gasteiger partial charge in [-0.2, -0.15) is 0 Å². The van der Waals surface area contributed by atoms with E-state index in [0.717, 1.165) is 45.8 Å². The maximum Gasteiger partial charge on any atom is 0.0597 e. The van der Waals surface area contributed by atoms with Crippen molar-refractivity contribution in [2.24, 2.45) is 0 Å². The minimum atomic E-state index is 0.202. The molecule has 1 unspecified atom stereocenters. The molecular weight excluding hydrogens is 240 g/mol. The first-order valence-corrected chi connectivity index (χ1v) is 7.47. The van der Waals surface area contributed by atoms with Crippen LogP contribution < -0.4 is 5.32 Å². The van der Waals surface area contributed by atoms with Crippen LogP contribution in [-0.2, 0) is 0 Å². The van der Waals surface area contributed by atoms with Gasteiger partial charge in [0.05, 0.1) is 6.61 Å². The zero-order valence-electron chi connectivity index (χ0n) is 13.1. The van der Waals surface area contributed by atoms with E-state index in [1.54, 1.807) is 0 Å².